The molecule has 104 valence electrons. The van der Waals surface area contributed by atoms with Gasteiger partial charge in [0.2, 0.25) is 0 Å². The number of nitrogens with one attached hydrogen (secondary N) is 1. The lowest BCUT2D eigenvalue weighted by atomic mass is 10.1. The average Bonchev–Trinajstić information content (AvgIpc) is 2.50. The molecule has 0 aliphatic rings. The molecule has 0 spiro atoms. The maximum atomic E-state index is 3.47. The molecule has 0 saturated carbocycles. The van der Waals surface area contributed by atoms with Gasteiger partial charge in [-0.1, -0.05) is 68.3 Å². The van der Waals surface area contributed by atoms with E-state index in [1.807, 2.05) is 18.2 Å². The highest BCUT2D eigenvalue weighted by molar-refractivity contribution is 5.71. The maximum absolute atomic E-state index is 3.47. The molecule has 1 N–H and O–H groups in total. The molecule has 0 bridgehead atoms. The van der Waals surface area contributed by atoms with Crippen LogP contribution < -0.4 is 5.32 Å². The number of hydrogen-bond donors (Lipinski definition) is 1. The van der Waals surface area contributed by atoms with E-state index in [9.17, 15) is 0 Å². The van der Waals surface area contributed by atoms with Crippen LogP contribution in [0.25, 0.3) is 6.08 Å². The van der Waals surface area contributed by atoms with Gasteiger partial charge in [0.05, 0.1) is 0 Å². The van der Waals surface area contributed by atoms with Gasteiger partial charge in [-0.2, -0.15) is 0 Å². The van der Waals surface area contributed by atoms with Crippen LogP contribution in [0.15, 0.2) is 60.7 Å². The van der Waals surface area contributed by atoms with Crippen LogP contribution in [0, 0.1) is 0 Å². The summed E-state index contributed by atoms with van der Waals surface area (Å²) >= 11 is 0. The number of benzene rings is 2. The molecule has 20 heavy (non-hydrogen) atoms. The third-order valence-corrected chi connectivity index (χ3v) is 3.29. The fourth-order valence-corrected chi connectivity index (χ4v) is 2.16. The van der Waals surface area contributed by atoms with E-state index < -0.39 is 0 Å². The minimum Gasteiger partial charge on any atom is -0.355 e. The second kappa shape index (κ2) is 8.21. The largest absolute Gasteiger partial charge is 0.355 e. The molecular formula is C19H23N. The van der Waals surface area contributed by atoms with Crippen LogP contribution in [0.4, 0.5) is 11.4 Å². The number of allylic oxidation sites excluding steroid dienone is 1. The molecule has 2 aromatic rings. The van der Waals surface area contributed by atoms with E-state index in [0.29, 0.717) is 0 Å². The van der Waals surface area contributed by atoms with E-state index >= 15 is 0 Å². The van der Waals surface area contributed by atoms with Crippen molar-refractivity contribution in [3.05, 3.63) is 66.2 Å². The standard InChI is InChI=1S/C19H23N/c1-2-3-4-5-7-12-17-13-10-11-16-19(17)20-18-14-8-6-9-15-18/h6-16,20H,2-5H2,1H3. The third kappa shape index (κ3) is 4.58. The van der Waals surface area contributed by atoms with Crippen molar-refractivity contribution in [3.8, 4) is 0 Å². The first kappa shape index (κ1) is 14.4. The SMILES string of the molecule is CCCCCC=Cc1ccccc1Nc1ccccc1. The highest BCUT2D eigenvalue weighted by Crippen LogP contribution is 2.22. The fourth-order valence-electron chi connectivity index (χ4n) is 2.16. The van der Waals surface area contributed by atoms with Crippen LogP contribution in [0.2, 0.25) is 0 Å². The van der Waals surface area contributed by atoms with Crippen molar-refractivity contribution in [2.75, 3.05) is 5.32 Å². The molecule has 2 aromatic carbocycles. The molecule has 0 aliphatic heterocycles. The van der Waals surface area contributed by atoms with Gasteiger partial charge >= 0.3 is 0 Å². The number of unbranched alkanes of at least 4 members (excludes halogenated alkanes) is 3. The van der Waals surface area contributed by atoms with Crippen molar-refractivity contribution in [2.45, 2.75) is 32.6 Å². The second-order valence-corrected chi connectivity index (χ2v) is 4.98. The Morgan fingerprint density at radius 1 is 0.900 bits per heavy atom. The van der Waals surface area contributed by atoms with Gasteiger partial charge in [-0.3, -0.25) is 0 Å². The Morgan fingerprint density at radius 2 is 1.65 bits per heavy atom. The molecule has 0 atom stereocenters. The zero-order chi connectivity index (χ0) is 14.0. The lowest BCUT2D eigenvalue weighted by Crippen LogP contribution is -1.92. The van der Waals surface area contributed by atoms with Crippen molar-refractivity contribution in [2.24, 2.45) is 0 Å². The minimum atomic E-state index is 1.12. The molecule has 0 fully saturated rings. The van der Waals surface area contributed by atoms with Crippen LogP contribution in [0.3, 0.4) is 0 Å². The molecule has 0 heterocycles. The molecule has 0 unspecified atom stereocenters. The Labute approximate surface area is 122 Å². The van der Waals surface area contributed by atoms with Gasteiger partial charge in [0.1, 0.15) is 0 Å². The topological polar surface area (TPSA) is 12.0 Å². The first-order chi connectivity index (χ1) is 9.90. The van der Waals surface area contributed by atoms with Gasteiger partial charge in [0, 0.05) is 11.4 Å². The number of anilines is 2. The molecule has 0 radical (unpaired) electrons. The third-order valence-electron chi connectivity index (χ3n) is 3.29. The van der Waals surface area contributed by atoms with Crippen LogP contribution in [0.5, 0.6) is 0 Å². The normalized spacial score (nSPS) is 10.8. The van der Waals surface area contributed by atoms with Gasteiger partial charge in [0.15, 0.2) is 0 Å². The van der Waals surface area contributed by atoms with Crippen molar-refractivity contribution >= 4 is 17.5 Å². The van der Waals surface area contributed by atoms with Gasteiger partial charge in [-0.15, -0.1) is 0 Å². The summed E-state index contributed by atoms with van der Waals surface area (Å²) < 4.78 is 0. The van der Waals surface area contributed by atoms with Crippen molar-refractivity contribution in [1.82, 2.24) is 0 Å². The summed E-state index contributed by atoms with van der Waals surface area (Å²) in [6, 6.07) is 18.7. The van der Waals surface area contributed by atoms with Crippen LogP contribution in [0.1, 0.15) is 38.2 Å². The summed E-state index contributed by atoms with van der Waals surface area (Å²) in [6.45, 7) is 2.24. The Morgan fingerprint density at radius 3 is 2.45 bits per heavy atom. The Kier molecular flexibility index (Phi) is 5.91. The monoisotopic (exact) mass is 265 g/mol. The van der Waals surface area contributed by atoms with Gasteiger partial charge in [-0.25, -0.2) is 0 Å². The van der Waals surface area contributed by atoms with E-state index in [1.165, 1.54) is 24.8 Å². The van der Waals surface area contributed by atoms with Crippen molar-refractivity contribution in [1.29, 1.82) is 0 Å². The van der Waals surface area contributed by atoms with Gasteiger partial charge < -0.3 is 5.32 Å². The molecule has 2 rings (SSSR count). The summed E-state index contributed by atoms with van der Waals surface area (Å²) in [5, 5.41) is 3.47. The summed E-state index contributed by atoms with van der Waals surface area (Å²) in [7, 11) is 0. The average molecular weight is 265 g/mol. The molecule has 1 nitrogen and oxygen atoms in total. The fraction of sp³-hybridized carbons (Fsp3) is 0.263. The van der Waals surface area contributed by atoms with Crippen LogP contribution in [-0.2, 0) is 0 Å². The summed E-state index contributed by atoms with van der Waals surface area (Å²) in [5.41, 5.74) is 3.53. The summed E-state index contributed by atoms with van der Waals surface area (Å²) in [5.74, 6) is 0. The van der Waals surface area contributed by atoms with E-state index in [4.69, 9.17) is 0 Å². The molecular weight excluding hydrogens is 242 g/mol. The van der Waals surface area contributed by atoms with Crippen LogP contribution >= 0.6 is 0 Å². The van der Waals surface area contributed by atoms with Gasteiger partial charge in [-0.05, 0) is 36.6 Å². The predicted molar refractivity (Wildman–Crippen MR) is 89.3 cm³/mol. The van der Waals surface area contributed by atoms with Crippen molar-refractivity contribution in [3.63, 3.8) is 0 Å². The number of hydrogen-bond acceptors (Lipinski definition) is 1. The smallest absolute Gasteiger partial charge is 0.0457 e. The Bertz CT molecular complexity index is 528. The summed E-state index contributed by atoms with van der Waals surface area (Å²) in [6.07, 6.45) is 9.53. The first-order valence-corrected chi connectivity index (χ1v) is 7.48. The molecule has 0 amide bonds. The first-order valence-electron chi connectivity index (χ1n) is 7.48. The second-order valence-electron chi connectivity index (χ2n) is 4.98. The highest BCUT2D eigenvalue weighted by Gasteiger charge is 1.98. The highest BCUT2D eigenvalue weighted by atomic mass is 14.9. The lowest BCUT2D eigenvalue weighted by Gasteiger charge is -2.09. The Hall–Kier alpha value is -2.02. The molecule has 0 aromatic heterocycles. The maximum Gasteiger partial charge on any atom is 0.0457 e. The number of para-hydroxylation sites is 2. The van der Waals surface area contributed by atoms with E-state index in [0.717, 1.165) is 17.8 Å². The molecule has 1 heteroatoms. The molecule has 0 aliphatic carbocycles. The lowest BCUT2D eigenvalue weighted by molar-refractivity contribution is 0.730. The van der Waals surface area contributed by atoms with Crippen LogP contribution in [-0.4, -0.2) is 0 Å². The molecule has 0 saturated heterocycles. The van der Waals surface area contributed by atoms with Crippen molar-refractivity contribution < 1.29 is 0 Å². The van der Waals surface area contributed by atoms with E-state index in [-0.39, 0.29) is 0 Å². The van der Waals surface area contributed by atoms with Gasteiger partial charge in [0.25, 0.3) is 0 Å². The Balaban J connectivity index is 2.02. The van der Waals surface area contributed by atoms with E-state index in [2.05, 4.69) is 60.8 Å². The minimum absolute atomic E-state index is 1.12. The van der Waals surface area contributed by atoms with E-state index in [1.54, 1.807) is 0 Å². The zero-order valence-electron chi connectivity index (χ0n) is 12.2. The zero-order valence-corrected chi connectivity index (χ0v) is 12.2. The predicted octanol–water partition coefficient (Wildman–Crippen LogP) is 6.02. The number of rotatable bonds is 7. The summed E-state index contributed by atoms with van der Waals surface area (Å²) in [4.78, 5) is 0. The quantitative estimate of drug-likeness (QED) is 0.603.